The van der Waals surface area contributed by atoms with Crippen molar-refractivity contribution in [3.05, 3.63) is 111 Å². The molecule has 1 saturated heterocycles. The van der Waals surface area contributed by atoms with E-state index in [2.05, 4.69) is 0 Å². The number of ether oxygens (including phenoxy) is 2. The number of rotatable bonds is 8. The van der Waals surface area contributed by atoms with Crippen LogP contribution >= 0.6 is 23.4 Å². The topological polar surface area (TPSA) is 55.8 Å². The maximum absolute atomic E-state index is 14.0. The summed E-state index contributed by atoms with van der Waals surface area (Å²) in [4.78, 5) is 27.5. The van der Waals surface area contributed by atoms with Crippen molar-refractivity contribution in [1.82, 2.24) is 4.90 Å². The Bertz CT molecular complexity index is 1570. The van der Waals surface area contributed by atoms with Crippen molar-refractivity contribution in [2.75, 3.05) is 6.61 Å². The fraction of sp³-hybridized carbons (Fsp3) is 0.133. The summed E-state index contributed by atoms with van der Waals surface area (Å²) in [5.41, 5.74) is 1.85. The van der Waals surface area contributed by atoms with Gasteiger partial charge in [-0.2, -0.15) is 0 Å². The van der Waals surface area contributed by atoms with Gasteiger partial charge < -0.3 is 9.47 Å². The number of carbonyl (C=O) groups excluding carboxylic acids is 2. The molecule has 4 aromatic rings. The maximum atomic E-state index is 14.0. The zero-order valence-corrected chi connectivity index (χ0v) is 22.0. The lowest BCUT2D eigenvalue weighted by molar-refractivity contribution is -0.123. The Morgan fingerprint density at radius 1 is 0.947 bits per heavy atom. The molecule has 0 spiro atoms. The quantitative estimate of drug-likeness (QED) is 0.210. The predicted molar refractivity (Wildman–Crippen MR) is 149 cm³/mol. The lowest BCUT2D eigenvalue weighted by atomic mass is 10.0. The van der Waals surface area contributed by atoms with Crippen LogP contribution in [0.2, 0.25) is 5.02 Å². The van der Waals surface area contributed by atoms with E-state index in [1.807, 2.05) is 49.4 Å². The molecule has 0 aliphatic carbocycles. The monoisotopic (exact) mass is 547 g/mol. The molecule has 8 heteroatoms. The fourth-order valence-electron chi connectivity index (χ4n) is 4.23. The van der Waals surface area contributed by atoms with Crippen molar-refractivity contribution in [1.29, 1.82) is 0 Å². The van der Waals surface area contributed by atoms with Crippen LogP contribution in [0.5, 0.6) is 11.5 Å². The lowest BCUT2D eigenvalue weighted by Gasteiger charge is -2.15. The highest BCUT2D eigenvalue weighted by molar-refractivity contribution is 8.18. The summed E-state index contributed by atoms with van der Waals surface area (Å²) in [6.45, 7) is 2.31. The molecule has 5 nitrogen and oxygen atoms in total. The molecular weight excluding hydrogens is 525 g/mol. The van der Waals surface area contributed by atoms with Gasteiger partial charge in [-0.1, -0.05) is 72.3 Å². The molecule has 0 bridgehead atoms. The molecule has 0 unspecified atom stereocenters. The number of imide groups is 1. The van der Waals surface area contributed by atoms with Crippen molar-refractivity contribution < 1.29 is 23.5 Å². The van der Waals surface area contributed by atoms with Gasteiger partial charge in [0.2, 0.25) is 0 Å². The second-order valence-electron chi connectivity index (χ2n) is 8.55. The number of hydrogen-bond acceptors (Lipinski definition) is 5. The zero-order chi connectivity index (χ0) is 26.6. The number of hydrogen-bond donors (Lipinski definition) is 0. The SMILES string of the molecule is CCOc1cc(/C=C2/SC(=O)N(Cc3cccc4ccccc34)C2=O)cc(Cl)c1OCc1ccccc1F. The van der Waals surface area contributed by atoms with E-state index in [0.717, 1.165) is 28.1 Å². The van der Waals surface area contributed by atoms with Gasteiger partial charge in [0, 0.05) is 5.56 Å². The van der Waals surface area contributed by atoms with Gasteiger partial charge in [-0.3, -0.25) is 14.5 Å². The van der Waals surface area contributed by atoms with Crippen LogP contribution in [-0.4, -0.2) is 22.7 Å². The van der Waals surface area contributed by atoms with Gasteiger partial charge in [0.1, 0.15) is 12.4 Å². The Morgan fingerprint density at radius 3 is 2.50 bits per heavy atom. The molecule has 0 N–H and O–H groups in total. The lowest BCUT2D eigenvalue weighted by Crippen LogP contribution is -2.27. The van der Waals surface area contributed by atoms with E-state index in [1.165, 1.54) is 11.0 Å². The van der Waals surface area contributed by atoms with Gasteiger partial charge in [0.25, 0.3) is 11.1 Å². The summed E-state index contributed by atoms with van der Waals surface area (Å²) in [6.07, 6.45) is 1.61. The minimum atomic E-state index is -0.377. The molecule has 0 radical (unpaired) electrons. The van der Waals surface area contributed by atoms with E-state index in [-0.39, 0.29) is 45.8 Å². The van der Waals surface area contributed by atoms with E-state index in [1.54, 1.807) is 36.4 Å². The number of fused-ring (bicyclic) bond motifs is 1. The molecule has 0 atom stereocenters. The Morgan fingerprint density at radius 2 is 1.68 bits per heavy atom. The third kappa shape index (κ3) is 5.39. The third-order valence-electron chi connectivity index (χ3n) is 6.04. The van der Waals surface area contributed by atoms with E-state index in [0.29, 0.717) is 23.5 Å². The predicted octanol–water partition coefficient (Wildman–Crippen LogP) is 7.85. The van der Waals surface area contributed by atoms with E-state index < -0.39 is 0 Å². The average molecular weight is 548 g/mol. The Labute approximate surface area is 228 Å². The van der Waals surface area contributed by atoms with Crippen LogP contribution in [0.25, 0.3) is 16.8 Å². The summed E-state index contributed by atoms with van der Waals surface area (Å²) in [5, 5.41) is 1.95. The molecule has 2 amide bonds. The zero-order valence-electron chi connectivity index (χ0n) is 20.4. The first-order chi connectivity index (χ1) is 18.4. The summed E-state index contributed by atoms with van der Waals surface area (Å²) in [7, 11) is 0. The summed E-state index contributed by atoms with van der Waals surface area (Å²) in [6, 6.07) is 23.3. The van der Waals surface area contributed by atoms with Gasteiger partial charge >= 0.3 is 0 Å². The van der Waals surface area contributed by atoms with E-state index in [4.69, 9.17) is 21.1 Å². The average Bonchev–Trinajstić information content (AvgIpc) is 3.16. The molecule has 1 aliphatic rings. The smallest absolute Gasteiger partial charge is 0.293 e. The molecule has 0 aromatic heterocycles. The highest BCUT2D eigenvalue weighted by Crippen LogP contribution is 2.40. The second-order valence-corrected chi connectivity index (χ2v) is 9.95. The first-order valence-corrected chi connectivity index (χ1v) is 13.2. The Hall–Kier alpha value is -3.81. The van der Waals surface area contributed by atoms with Crippen molar-refractivity contribution in [2.24, 2.45) is 0 Å². The highest BCUT2D eigenvalue weighted by atomic mass is 35.5. The molecular formula is C30H23ClFNO4S. The summed E-state index contributed by atoms with van der Waals surface area (Å²) >= 11 is 7.40. The van der Waals surface area contributed by atoms with Crippen molar-refractivity contribution in [3.8, 4) is 11.5 Å². The van der Waals surface area contributed by atoms with Gasteiger partial charge in [0.05, 0.1) is 23.1 Å². The number of nitrogens with zero attached hydrogens (tertiary/aromatic N) is 1. The van der Waals surface area contributed by atoms with Gasteiger partial charge in [-0.25, -0.2) is 4.39 Å². The third-order valence-corrected chi connectivity index (χ3v) is 7.23. The van der Waals surface area contributed by atoms with Crippen LogP contribution in [0.3, 0.4) is 0 Å². The van der Waals surface area contributed by atoms with Crippen LogP contribution in [0.4, 0.5) is 9.18 Å². The van der Waals surface area contributed by atoms with Gasteiger partial charge in [0.15, 0.2) is 11.5 Å². The number of thioether (sulfide) groups is 1. The van der Waals surface area contributed by atoms with Crippen LogP contribution in [-0.2, 0) is 17.9 Å². The Kier molecular flexibility index (Phi) is 7.67. The first-order valence-electron chi connectivity index (χ1n) is 12.0. The molecule has 192 valence electrons. The minimum absolute atomic E-state index is 0.0289. The van der Waals surface area contributed by atoms with Crippen LogP contribution in [0.1, 0.15) is 23.6 Å². The number of carbonyl (C=O) groups is 2. The molecule has 1 fully saturated rings. The van der Waals surface area contributed by atoms with Gasteiger partial charge in [-0.15, -0.1) is 0 Å². The summed E-state index contributed by atoms with van der Waals surface area (Å²) in [5.74, 6) is -0.116. The molecule has 1 aliphatic heterocycles. The number of halogens is 2. The normalized spacial score (nSPS) is 14.5. The molecule has 38 heavy (non-hydrogen) atoms. The van der Waals surface area contributed by atoms with Crippen LogP contribution in [0.15, 0.2) is 83.8 Å². The Balaban J connectivity index is 1.39. The molecule has 4 aromatic carbocycles. The van der Waals surface area contributed by atoms with Crippen molar-refractivity contribution >= 4 is 51.4 Å². The second kappa shape index (κ2) is 11.3. The largest absolute Gasteiger partial charge is 0.490 e. The van der Waals surface area contributed by atoms with Crippen LogP contribution in [0, 0.1) is 5.82 Å². The fourth-order valence-corrected chi connectivity index (χ4v) is 5.34. The van der Waals surface area contributed by atoms with Crippen molar-refractivity contribution in [3.63, 3.8) is 0 Å². The summed E-state index contributed by atoms with van der Waals surface area (Å²) < 4.78 is 25.6. The van der Waals surface area contributed by atoms with Gasteiger partial charge in [-0.05, 0) is 64.9 Å². The van der Waals surface area contributed by atoms with Crippen LogP contribution < -0.4 is 9.47 Å². The van der Waals surface area contributed by atoms with Crippen molar-refractivity contribution in [2.45, 2.75) is 20.1 Å². The standard InChI is InChI=1S/C30H23ClFNO4S/c1-2-36-26-15-19(14-24(31)28(26)37-18-22-9-4-6-13-25(22)32)16-27-29(34)33(30(35)38-27)17-21-11-7-10-20-8-3-5-12-23(20)21/h3-16H,2,17-18H2,1H3/b27-16+. The number of benzene rings is 4. The first kappa shape index (κ1) is 25.8. The highest BCUT2D eigenvalue weighted by Gasteiger charge is 2.35. The minimum Gasteiger partial charge on any atom is -0.490 e. The maximum Gasteiger partial charge on any atom is 0.293 e. The molecule has 1 heterocycles. The van der Waals surface area contributed by atoms with E-state index >= 15 is 0 Å². The molecule has 5 rings (SSSR count). The molecule has 0 saturated carbocycles. The number of amides is 2. The van der Waals surface area contributed by atoms with E-state index in [9.17, 15) is 14.0 Å².